The van der Waals surface area contributed by atoms with Gasteiger partial charge in [-0.25, -0.2) is 0 Å². The van der Waals surface area contributed by atoms with Crippen molar-refractivity contribution in [3.05, 3.63) is 17.8 Å². The first kappa shape index (κ1) is 8.48. The maximum atomic E-state index is 5.12. The predicted molar refractivity (Wildman–Crippen MR) is 50.1 cm³/mol. The van der Waals surface area contributed by atoms with Gasteiger partial charge in [-0.15, -0.1) is 0 Å². The molecule has 0 saturated heterocycles. The first-order chi connectivity index (χ1) is 6.29. The third-order valence-corrected chi connectivity index (χ3v) is 2.41. The molecule has 2 rings (SSSR count). The molecule has 70 valence electrons. The summed E-state index contributed by atoms with van der Waals surface area (Å²) in [6, 6.07) is 0. The van der Waals surface area contributed by atoms with E-state index in [9.17, 15) is 0 Å². The fraction of sp³-hybridized carbons (Fsp3) is 0.600. The van der Waals surface area contributed by atoms with Gasteiger partial charge in [0.05, 0.1) is 0 Å². The Bertz CT molecular complexity index is 323. The van der Waals surface area contributed by atoms with Crippen LogP contribution in [0.4, 0.5) is 0 Å². The summed E-state index contributed by atoms with van der Waals surface area (Å²) in [5.41, 5.74) is 1.05. The highest BCUT2D eigenvalue weighted by molar-refractivity contribution is 5.54. The monoisotopic (exact) mass is 178 g/mol. The van der Waals surface area contributed by atoms with Crippen LogP contribution in [0.25, 0.3) is 5.57 Å². The average Bonchev–Trinajstić information content (AvgIpc) is 2.81. The maximum absolute atomic E-state index is 5.12. The zero-order chi connectivity index (χ0) is 9.26. The van der Waals surface area contributed by atoms with Crippen molar-refractivity contribution >= 4 is 5.57 Å². The minimum Gasteiger partial charge on any atom is -0.334 e. The summed E-state index contributed by atoms with van der Waals surface area (Å²) in [5.74, 6) is 2.34. The smallest absolute Gasteiger partial charge is 0.253 e. The van der Waals surface area contributed by atoms with E-state index in [0.717, 1.165) is 23.7 Å². The molecule has 1 aromatic rings. The van der Waals surface area contributed by atoms with Crippen LogP contribution in [-0.4, -0.2) is 10.1 Å². The number of hydrogen-bond donors (Lipinski definition) is 0. The molecule has 0 N–H and O–H groups in total. The lowest BCUT2D eigenvalue weighted by molar-refractivity contribution is 0.399. The van der Waals surface area contributed by atoms with E-state index < -0.39 is 0 Å². The second-order valence-corrected chi connectivity index (χ2v) is 3.63. The first-order valence-corrected chi connectivity index (χ1v) is 4.75. The van der Waals surface area contributed by atoms with Crippen molar-refractivity contribution in [2.75, 3.05) is 0 Å². The molecule has 1 aliphatic carbocycles. The molecule has 0 spiro atoms. The molecule has 0 bridgehead atoms. The molecule has 1 heterocycles. The Morgan fingerprint density at radius 3 is 3.00 bits per heavy atom. The Hall–Kier alpha value is -1.12. The van der Waals surface area contributed by atoms with Crippen molar-refractivity contribution in [1.82, 2.24) is 10.1 Å². The highest BCUT2D eigenvalue weighted by Crippen LogP contribution is 2.31. The van der Waals surface area contributed by atoms with Crippen LogP contribution in [0.2, 0.25) is 0 Å². The van der Waals surface area contributed by atoms with Crippen molar-refractivity contribution in [2.24, 2.45) is 5.92 Å². The van der Waals surface area contributed by atoms with Gasteiger partial charge in [-0.2, -0.15) is 4.98 Å². The average molecular weight is 178 g/mol. The lowest BCUT2D eigenvalue weighted by Gasteiger charge is -1.88. The summed E-state index contributed by atoms with van der Waals surface area (Å²) in [5, 5.41) is 3.94. The van der Waals surface area contributed by atoms with E-state index in [1.165, 1.54) is 12.8 Å². The highest BCUT2D eigenvalue weighted by Gasteiger charge is 2.24. The molecular weight excluding hydrogens is 164 g/mol. The van der Waals surface area contributed by atoms with Crippen LogP contribution >= 0.6 is 0 Å². The van der Waals surface area contributed by atoms with Gasteiger partial charge in [0.1, 0.15) is 0 Å². The first-order valence-electron chi connectivity index (χ1n) is 4.75. The molecule has 3 nitrogen and oxygen atoms in total. The van der Waals surface area contributed by atoms with Gasteiger partial charge in [-0.3, -0.25) is 0 Å². The van der Waals surface area contributed by atoms with Crippen molar-refractivity contribution in [2.45, 2.75) is 33.1 Å². The van der Waals surface area contributed by atoms with Crippen LogP contribution in [0.15, 0.2) is 10.6 Å². The largest absolute Gasteiger partial charge is 0.334 e. The van der Waals surface area contributed by atoms with Gasteiger partial charge >= 0.3 is 0 Å². The quantitative estimate of drug-likeness (QED) is 0.713. The van der Waals surface area contributed by atoms with Gasteiger partial charge in [-0.05, 0) is 32.6 Å². The van der Waals surface area contributed by atoms with Crippen molar-refractivity contribution in [3.8, 4) is 0 Å². The summed E-state index contributed by atoms with van der Waals surface area (Å²) < 4.78 is 5.12. The van der Waals surface area contributed by atoms with E-state index in [0.29, 0.717) is 5.89 Å². The van der Waals surface area contributed by atoms with Crippen molar-refractivity contribution < 1.29 is 4.52 Å². The zero-order valence-corrected chi connectivity index (χ0v) is 8.08. The Morgan fingerprint density at radius 1 is 1.62 bits per heavy atom. The molecule has 13 heavy (non-hydrogen) atoms. The molecule has 0 unspecified atom stereocenters. The van der Waals surface area contributed by atoms with Gasteiger partial charge in [0.2, 0.25) is 0 Å². The van der Waals surface area contributed by atoms with Crippen molar-refractivity contribution in [3.63, 3.8) is 0 Å². The molecule has 0 atom stereocenters. The summed E-state index contributed by atoms with van der Waals surface area (Å²) in [6.07, 6.45) is 5.62. The number of hydrogen-bond acceptors (Lipinski definition) is 3. The number of rotatable bonds is 3. The fourth-order valence-electron chi connectivity index (χ4n) is 1.20. The predicted octanol–water partition coefficient (Wildman–Crippen LogP) is 2.45. The lowest BCUT2D eigenvalue weighted by atomic mass is 10.3. The SMILES string of the molecule is C/C=C(/C)c1nc(CC2CC2)no1. The summed E-state index contributed by atoms with van der Waals surface area (Å²) in [6.45, 7) is 3.95. The third kappa shape index (κ3) is 1.97. The lowest BCUT2D eigenvalue weighted by Crippen LogP contribution is -1.89. The van der Waals surface area contributed by atoms with Crippen LogP contribution in [0.1, 0.15) is 38.4 Å². The minimum absolute atomic E-state index is 0.665. The van der Waals surface area contributed by atoms with Gasteiger partial charge in [0.15, 0.2) is 5.82 Å². The second kappa shape index (κ2) is 3.32. The van der Waals surface area contributed by atoms with E-state index in [-0.39, 0.29) is 0 Å². The number of nitrogens with zero attached hydrogens (tertiary/aromatic N) is 2. The van der Waals surface area contributed by atoms with E-state index in [2.05, 4.69) is 10.1 Å². The van der Waals surface area contributed by atoms with Crippen LogP contribution in [0.3, 0.4) is 0 Å². The van der Waals surface area contributed by atoms with Gasteiger partial charge in [0.25, 0.3) is 5.89 Å². The summed E-state index contributed by atoms with van der Waals surface area (Å²) in [7, 11) is 0. The van der Waals surface area contributed by atoms with Gasteiger partial charge in [0, 0.05) is 12.0 Å². The molecule has 1 saturated carbocycles. The third-order valence-electron chi connectivity index (χ3n) is 2.41. The molecule has 0 aromatic carbocycles. The second-order valence-electron chi connectivity index (χ2n) is 3.63. The Kier molecular flexibility index (Phi) is 2.17. The minimum atomic E-state index is 0.665. The number of aromatic nitrogens is 2. The molecule has 1 aliphatic rings. The Balaban J connectivity index is 2.07. The normalized spacial score (nSPS) is 17.8. The van der Waals surface area contributed by atoms with Crippen LogP contribution < -0.4 is 0 Å². The zero-order valence-electron chi connectivity index (χ0n) is 8.08. The standard InChI is InChI=1S/C10H14N2O/c1-3-7(2)10-11-9(12-13-10)6-8-4-5-8/h3,8H,4-6H2,1-2H3/b7-3-. The molecule has 0 radical (unpaired) electrons. The summed E-state index contributed by atoms with van der Waals surface area (Å²) in [4.78, 5) is 4.32. The van der Waals surface area contributed by atoms with E-state index in [1.807, 2.05) is 19.9 Å². The maximum Gasteiger partial charge on any atom is 0.253 e. The molecule has 1 fully saturated rings. The fourth-order valence-corrected chi connectivity index (χ4v) is 1.20. The van der Waals surface area contributed by atoms with E-state index in [4.69, 9.17) is 4.52 Å². The van der Waals surface area contributed by atoms with Gasteiger partial charge < -0.3 is 4.52 Å². The summed E-state index contributed by atoms with van der Waals surface area (Å²) >= 11 is 0. The molecular formula is C10H14N2O. The highest BCUT2D eigenvalue weighted by atomic mass is 16.5. The van der Waals surface area contributed by atoms with Gasteiger partial charge in [-0.1, -0.05) is 11.2 Å². The molecule has 0 aliphatic heterocycles. The Labute approximate surface area is 77.8 Å². The van der Waals surface area contributed by atoms with Crippen LogP contribution in [-0.2, 0) is 6.42 Å². The van der Waals surface area contributed by atoms with Crippen LogP contribution in [0.5, 0.6) is 0 Å². The van der Waals surface area contributed by atoms with E-state index >= 15 is 0 Å². The molecule has 1 aromatic heterocycles. The molecule has 0 amide bonds. The Morgan fingerprint density at radius 2 is 2.38 bits per heavy atom. The van der Waals surface area contributed by atoms with Crippen molar-refractivity contribution in [1.29, 1.82) is 0 Å². The molecule has 3 heteroatoms. The van der Waals surface area contributed by atoms with E-state index in [1.54, 1.807) is 0 Å². The number of allylic oxidation sites excluding steroid dienone is 2. The topological polar surface area (TPSA) is 38.9 Å². The van der Waals surface area contributed by atoms with Crippen LogP contribution in [0, 0.1) is 5.92 Å².